The third kappa shape index (κ3) is 1.71. The quantitative estimate of drug-likeness (QED) is 0.672. The standard InChI is InChI=1S/C19H26O2/c1-18-9-7-13(20)11-12(18)3-4-14-15-5-6-17(21)19(15,2)10-8-16(14)18/h11,14-16H,3-10H2,1-2H3/i11D. The Balaban J connectivity index is 1.73. The molecule has 114 valence electrons. The normalized spacial score (nSPS) is 50.4. The Hall–Kier alpha value is -0.920. The van der Waals surface area contributed by atoms with Crippen LogP contribution in [0.25, 0.3) is 0 Å². The average molecular weight is 287 g/mol. The molecule has 0 saturated heterocycles. The van der Waals surface area contributed by atoms with Crippen LogP contribution in [0, 0.1) is 28.6 Å². The molecule has 4 aliphatic rings. The van der Waals surface area contributed by atoms with Crippen LogP contribution < -0.4 is 0 Å². The summed E-state index contributed by atoms with van der Waals surface area (Å²) >= 11 is 0. The fourth-order valence-electron chi connectivity index (χ4n) is 6.22. The lowest BCUT2D eigenvalue weighted by Gasteiger charge is -2.56. The molecule has 0 radical (unpaired) electrons. The molecule has 0 heterocycles. The fourth-order valence-corrected chi connectivity index (χ4v) is 6.22. The summed E-state index contributed by atoms with van der Waals surface area (Å²) in [4.78, 5) is 24.3. The van der Waals surface area contributed by atoms with Crippen molar-refractivity contribution in [1.29, 1.82) is 0 Å². The van der Waals surface area contributed by atoms with E-state index in [2.05, 4.69) is 13.8 Å². The molecule has 0 N–H and O–H groups in total. The lowest BCUT2D eigenvalue weighted by atomic mass is 9.47. The highest BCUT2D eigenvalue weighted by atomic mass is 16.1. The first-order valence-corrected chi connectivity index (χ1v) is 8.64. The molecule has 4 aliphatic carbocycles. The van der Waals surface area contributed by atoms with E-state index in [4.69, 9.17) is 1.37 Å². The van der Waals surface area contributed by atoms with E-state index in [-0.39, 0.29) is 16.6 Å². The predicted octanol–water partition coefficient (Wildman–Crippen LogP) is 4.09. The van der Waals surface area contributed by atoms with Gasteiger partial charge in [0.25, 0.3) is 0 Å². The summed E-state index contributed by atoms with van der Waals surface area (Å²) in [5.74, 6) is 2.28. The molecule has 0 aromatic carbocycles. The number of hydrogen-bond acceptors (Lipinski definition) is 2. The molecule has 0 bridgehead atoms. The van der Waals surface area contributed by atoms with Crippen LogP contribution in [-0.2, 0) is 9.59 Å². The maximum atomic E-state index is 12.4. The average Bonchev–Trinajstić information content (AvgIpc) is 2.79. The van der Waals surface area contributed by atoms with Crippen LogP contribution in [0.1, 0.15) is 66.6 Å². The van der Waals surface area contributed by atoms with E-state index in [0.29, 0.717) is 36.0 Å². The monoisotopic (exact) mass is 287 g/mol. The largest absolute Gasteiger partial charge is 0.299 e. The smallest absolute Gasteiger partial charge is 0.155 e. The van der Waals surface area contributed by atoms with Gasteiger partial charge < -0.3 is 0 Å². The molecule has 0 aromatic heterocycles. The van der Waals surface area contributed by atoms with Gasteiger partial charge in [-0.05, 0) is 67.7 Å². The highest BCUT2D eigenvalue weighted by molar-refractivity contribution is 5.91. The van der Waals surface area contributed by atoms with E-state index in [1.54, 1.807) is 0 Å². The molecule has 0 spiro atoms. The molecule has 5 unspecified atom stereocenters. The molecule has 3 saturated carbocycles. The van der Waals surface area contributed by atoms with Crippen LogP contribution in [0.2, 0.25) is 0 Å². The van der Waals surface area contributed by atoms with Crippen molar-refractivity contribution in [1.82, 2.24) is 0 Å². The summed E-state index contributed by atoms with van der Waals surface area (Å²) in [5, 5.41) is 0. The minimum Gasteiger partial charge on any atom is -0.299 e. The molecular weight excluding hydrogens is 260 g/mol. The second-order valence-electron chi connectivity index (χ2n) is 8.28. The predicted molar refractivity (Wildman–Crippen MR) is 81.7 cm³/mol. The topological polar surface area (TPSA) is 34.1 Å². The first-order chi connectivity index (χ1) is 10.4. The van der Waals surface area contributed by atoms with Gasteiger partial charge in [0.15, 0.2) is 5.78 Å². The summed E-state index contributed by atoms with van der Waals surface area (Å²) in [7, 11) is 0. The van der Waals surface area contributed by atoms with Crippen molar-refractivity contribution in [3.63, 3.8) is 0 Å². The molecule has 0 amide bonds. The summed E-state index contributed by atoms with van der Waals surface area (Å²) in [6.45, 7) is 4.51. The molecule has 0 aliphatic heterocycles. The summed E-state index contributed by atoms with van der Waals surface area (Å²) in [5.41, 5.74) is 1.10. The third-order valence-electron chi connectivity index (χ3n) is 7.54. The third-order valence-corrected chi connectivity index (χ3v) is 7.54. The number of carbonyl (C=O) groups excluding carboxylic acids is 2. The molecule has 3 fully saturated rings. The molecule has 2 nitrogen and oxygen atoms in total. The molecule has 5 atom stereocenters. The van der Waals surface area contributed by atoms with Crippen molar-refractivity contribution >= 4 is 11.6 Å². The van der Waals surface area contributed by atoms with Crippen LogP contribution in [0.15, 0.2) is 11.6 Å². The molecule has 2 heteroatoms. The van der Waals surface area contributed by atoms with Crippen LogP contribution in [0.3, 0.4) is 0 Å². The number of fused-ring (bicyclic) bond motifs is 5. The van der Waals surface area contributed by atoms with Crippen molar-refractivity contribution in [2.75, 3.05) is 0 Å². The van der Waals surface area contributed by atoms with E-state index in [1.165, 1.54) is 0 Å². The SMILES string of the molecule is [2H]C1=C2CCC3C4CCC(=O)C4(C)CCC3C2(C)CCC1=O. The first-order valence-electron chi connectivity index (χ1n) is 9.14. The summed E-state index contributed by atoms with van der Waals surface area (Å²) in [6.07, 6.45) is 7.41. The van der Waals surface area contributed by atoms with E-state index >= 15 is 0 Å². The van der Waals surface area contributed by atoms with Gasteiger partial charge in [-0.15, -0.1) is 0 Å². The van der Waals surface area contributed by atoms with Gasteiger partial charge in [-0.3, -0.25) is 9.59 Å². The van der Waals surface area contributed by atoms with Crippen LogP contribution in [-0.4, -0.2) is 11.6 Å². The highest BCUT2D eigenvalue weighted by Gasteiger charge is 2.58. The van der Waals surface area contributed by atoms with Crippen molar-refractivity contribution in [2.45, 2.75) is 65.2 Å². The lowest BCUT2D eigenvalue weighted by Crippen LogP contribution is -2.50. The van der Waals surface area contributed by atoms with Crippen LogP contribution >= 0.6 is 0 Å². The maximum Gasteiger partial charge on any atom is 0.155 e. The van der Waals surface area contributed by atoms with Crippen molar-refractivity contribution in [2.24, 2.45) is 28.6 Å². The molecule has 4 rings (SSSR count). The van der Waals surface area contributed by atoms with Gasteiger partial charge in [0.2, 0.25) is 0 Å². The van der Waals surface area contributed by atoms with E-state index in [1.807, 2.05) is 0 Å². The first kappa shape index (κ1) is 12.6. The lowest BCUT2D eigenvalue weighted by molar-refractivity contribution is -0.132. The Morgan fingerprint density at radius 1 is 1.00 bits per heavy atom. The highest BCUT2D eigenvalue weighted by Crippen LogP contribution is 2.64. The molecular formula is C19H26O2. The van der Waals surface area contributed by atoms with E-state index in [0.717, 1.165) is 50.5 Å². The number of ketones is 2. The molecule has 21 heavy (non-hydrogen) atoms. The van der Waals surface area contributed by atoms with Crippen molar-refractivity contribution in [3.05, 3.63) is 11.6 Å². The van der Waals surface area contributed by atoms with Gasteiger partial charge >= 0.3 is 0 Å². The summed E-state index contributed by atoms with van der Waals surface area (Å²) in [6, 6.07) is 0.322. The zero-order chi connectivity index (χ0) is 15.7. The second kappa shape index (κ2) is 4.30. The Kier molecular flexibility index (Phi) is 2.58. The van der Waals surface area contributed by atoms with Crippen molar-refractivity contribution < 1.29 is 11.0 Å². The minimum absolute atomic E-state index is 0.0425. The Morgan fingerprint density at radius 3 is 2.57 bits per heavy atom. The molecule has 0 aromatic rings. The van der Waals surface area contributed by atoms with Crippen LogP contribution in [0.5, 0.6) is 0 Å². The number of rotatable bonds is 0. The van der Waals surface area contributed by atoms with Gasteiger partial charge in [-0.1, -0.05) is 19.4 Å². The number of carbonyl (C=O) groups is 2. The van der Waals surface area contributed by atoms with Gasteiger partial charge in [0, 0.05) is 18.3 Å². The number of allylic oxidation sites excluding steroid dienone is 1. The van der Waals surface area contributed by atoms with Gasteiger partial charge in [-0.2, -0.15) is 0 Å². The summed E-state index contributed by atoms with van der Waals surface area (Å²) < 4.78 is 8.23. The van der Waals surface area contributed by atoms with Gasteiger partial charge in [-0.25, -0.2) is 0 Å². The number of Topliss-reactive ketones (excluding diaryl/α,β-unsaturated/α-hetero) is 1. The maximum absolute atomic E-state index is 12.4. The second-order valence-corrected chi connectivity index (χ2v) is 8.28. The Bertz CT molecular complexity index is 592. The zero-order valence-corrected chi connectivity index (χ0v) is 13.2. The van der Waals surface area contributed by atoms with Gasteiger partial charge in [0.05, 0.1) is 1.37 Å². The fraction of sp³-hybridized carbons (Fsp3) is 0.789. The minimum atomic E-state index is -0.0764. The van der Waals surface area contributed by atoms with Crippen molar-refractivity contribution in [3.8, 4) is 0 Å². The van der Waals surface area contributed by atoms with E-state index in [9.17, 15) is 9.59 Å². The number of hydrogen-bond donors (Lipinski definition) is 0. The van der Waals surface area contributed by atoms with Crippen LogP contribution in [0.4, 0.5) is 0 Å². The zero-order valence-electron chi connectivity index (χ0n) is 14.2. The Morgan fingerprint density at radius 2 is 1.76 bits per heavy atom. The van der Waals surface area contributed by atoms with Gasteiger partial charge in [0.1, 0.15) is 5.78 Å². The Labute approximate surface area is 128 Å². The van der Waals surface area contributed by atoms with E-state index < -0.39 is 0 Å².